The summed E-state index contributed by atoms with van der Waals surface area (Å²) in [7, 11) is -3.63. The predicted octanol–water partition coefficient (Wildman–Crippen LogP) is 1.73. The first kappa shape index (κ1) is 19.2. The number of carbonyl (C=O) groups excluding carboxylic acids is 1. The molecule has 1 fully saturated rings. The fraction of sp³-hybridized carbons (Fsp3) is 0.500. The summed E-state index contributed by atoms with van der Waals surface area (Å²) in [5.41, 5.74) is 1.48. The number of nitrogens with one attached hydrogen (secondary N) is 3. The van der Waals surface area contributed by atoms with Gasteiger partial charge in [0.15, 0.2) is 0 Å². The molecule has 1 saturated carbocycles. The van der Waals surface area contributed by atoms with Gasteiger partial charge in [-0.05, 0) is 50.3 Å². The van der Waals surface area contributed by atoms with Crippen molar-refractivity contribution in [3.63, 3.8) is 0 Å². The number of carbonyl (C=O) groups is 2. The van der Waals surface area contributed by atoms with E-state index in [4.69, 9.17) is 5.11 Å². The van der Waals surface area contributed by atoms with Crippen LogP contribution in [-0.2, 0) is 14.8 Å². The number of carboxylic acids is 1. The average Bonchev–Trinajstić information content (AvgIpc) is 3.29. The summed E-state index contributed by atoms with van der Waals surface area (Å²) >= 11 is 0. The molecule has 0 unspecified atom stereocenters. The van der Waals surface area contributed by atoms with E-state index in [1.165, 1.54) is 0 Å². The van der Waals surface area contributed by atoms with E-state index in [1.807, 2.05) is 0 Å². The molecule has 9 heteroatoms. The zero-order chi connectivity index (χ0) is 18.6. The van der Waals surface area contributed by atoms with Crippen LogP contribution < -0.4 is 15.4 Å². The summed E-state index contributed by atoms with van der Waals surface area (Å²) in [6.45, 7) is 3.58. The van der Waals surface area contributed by atoms with Crippen molar-refractivity contribution in [2.24, 2.45) is 0 Å². The van der Waals surface area contributed by atoms with Crippen LogP contribution in [0.5, 0.6) is 0 Å². The van der Waals surface area contributed by atoms with Crippen LogP contribution in [0.4, 0.5) is 10.5 Å². The zero-order valence-corrected chi connectivity index (χ0v) is 15.1. The topological polar surface area (TPSA) is 125 Å². The highest BCUT2D eigenvalue weighted by Gasteiger charge is 2.30. The highest BCUT2D eigenvalue weighted by molar-refractivity contribution is 7.89. The van der Waals surface area contributed by atoms with Crippen LogP contribution in [0.15, 0.2) is 17.0 Å². The number of anilines is 1. The lowest BCUT2D eigenvalue weighted by atomic mass is 10.1. The van der Waals surface area contributed by atoms with E-state index in [0.717, 1.165) is 12.8 Å². The molecular weight excluding hydrogens is 346 g/mol. The van der Waals surface area contributed by atoms with Crippen molar-refractivity contribution in [2.75, 3.05) is 11.9 Å². The molecule has 1 aliphatic rings. The molecule has 1 aromatic carbocycles. The second kappa shape index (κ2) is 7.83. The number of hydrogen-bond donors (Lipinski definition) is 4. The highest BCUT2D eigenvalue weighted by Crippen LogP contribution is 2.29. The summed E-state index contributed by atoms with van der Waals surface area (Å²) in [6, 6.07) is 2.79. The maximum atomic E-state index is 12.5. The van der Waals surface area contributed by atoms with Gasteiger partial charge in [0, 0.05) is 24.7 Å². The second-order valence-electron chi connectivity index (χ2n) is 6.16. The number of hydrogen-bond acceptors (Lipinski definition) is 4. The molecule has 0 spiro atoms. The number of amides is 2. The Morgan fingerprint density at radius 2 is 1.92 bits per heavy atom. The summed E-state index contributed by atoms with van der Waals surface area (Å²) in [5.74, 6) is -0.922. The first-order chi connectivity index (χ1) is 11.7. The number of carboxylic acid groups (broad SMARTS) is 1. The molecule has 1 aromatic rings. The minimum absolute atomic E-state index is 0.00190. The van der Waals surface area contributed by atoms with Crippen LogP contribution in [0, 0.1) is 13.8 Å². The number of aliphatic carboxylic acids is 1. The third-order valence-corrected chi connectivity index (χ3v) is 5.68. The third kappa shape index (κ3) is 5.43. The van der Waals surface area contributed by atoms with E-state index in [2.05, 4.69) is 15.4 Å². The lowest BCUT2D eigenvalue weighted by Crippen LogP contribution is -2.31. The molecule has 4 N–H and O–H groups in total. The van der Waals surface area contributed by atoms with Crippen molar-refractivity contribution < 1.29 is 23.1 Å². The molecule has 0 aromatic heterocycles. The Hall–Kier alpha value is -2.13. The number of rotatable bonds is 8. The minimum Gasteiger partial charge on any atom is -0.481 e. The number of sulfonamides is 1. The van der Waals surface area contributed by atoms with Gasteiger partial charge in [-0.25, -0.2) is 17.9 Å². The molecule has 0 aliphatic heterocycles. The van der Waals surface area contributed by atoms with Gasteiger partial charge in [-0.15, -0.1) is 0 Å². The molecule has 138 valence electrons. The Morgan fingerprint density at radius 3 is 2.52 bits per heavy atom. The van der Waals surface area contributed by atoms with E-state index in [0.29, 0.717) is 23.2 Å². The lowest BCUT2D eigenvalue weighted by Gasteiger charge is -2.16. The monoisotopic (exact) mass is 369 g/mol. The van der Waals surface area contributed by atoms with E-state index < -0.39 is 22.0 Å². The van der Waals surface area contributed by atoms with Gasteiger partial charge in [0.25, 0.3) is 0 Å². The molecule has 0 heterocycles. The maximum absolute atomic E-state index is 12.5. The van der Waals surface area contributed by atoms with Crippen molar-refractivity contribution >= 4 is 27.7 Å². The van der Waals surface area contributed by atoms with Crippen LogP contribution in [0.2, 0.25) is 0 Å². The lowest BCUT2D eigenvalue weighted by molar-refractivity contribution is -0.137. The van der Waals surface area contributed by atoms with Gasteiger partial charge >= 0.3 is 12.0 Å². The molecule has 2 rings (SSSR count). The second-order valence-corrected chi connectivity index (χ2v) is 7.81. The van der Waals surface area contributed by atoms with Gasteiger partial charge < -0.3 is 15.7 Å². The predicted molar refractivity (Wildman–Crippen MR) is 93.2 cm³/mol. The number of aryl methyl sites for hydroxylation is 1. The summed E-state index contributed by atoms with van der Waals surface area (Å²) in [5, 5.41) is 13.7. The van der Waals surface area contributed by atoms with Crippen LogP contribution in [-0.4, -0.2) is 38.1 Å². The Labute approximate surface area is 147 Å². The molecule has 2 amide bonds. The SMILES string of the molecule is Cc1ccc(NC(=O)NCCCC(=O)O)c(C)c1S(=O)(=O)NC1CC1. The van der Waals surface area contributed by atoms with Crippen LogP contribution >= 0.6 is 0 Å². The minimum atomic E-state index is -3.63. The Balaban J connectivity index is 2.07. The van der Waals surface area contributed by atoms with Gasteiger partial charge in [0.05, 0.1) is 4.90 Å². The van der Waals surface area contributed by atoms with E-state index in [1.54, 1.807) is 26.0 Å². The molecule has 8 nitrogen and oxygen atoms in total. The van der Waals surface area contributed by atoms with Crippen molar-refractivity contribution in [1.29, 1.82) is 0 Å². The van der Waals surface area contributed by atoms with Gasteiger partial charge in [0.2, 0.25) is 10.0 Å². The Kier molecular flexibility index (Phi) is 6.02. The van der Waals surface area contributed by atoms with Crippen molar-refractivity contribution in [2.45, 2.75) is 50.5 Å². The maximum Gasteiger partial charge on any atom is 0.319 e. The molecule has 25 heavy (non-hydrogen) atoms. The number of benzene rings is 1. The van der Waals surface area contributed by atoms with E-state index in [-0.39, 0.29) is 23.9 Å². The van der Waals surface area contributed by atoms with Crippen molar-refractivity contribution in [3.8, 4) is 0 Å². The Morgan fingerprint density at radius 1 is 1.24 bits per heavy atom. The summed E-state index contributed by atoms with van der Waals surface area (Å²) in [4.78, 5) is 22.5. The largest absolute Gasteiger partial charge is 0.481 e. The van der Waals surface area contributed by atoms with Crippen molar-refractivity contribution in [1.82, 2.24) is 10.0 Å². The quantitative estimate of drug-likeness (QED) is 0.519. The normalized spacial score (nSPS) is 14.2. The zero-order valence-electron chi connectivity index (χ0n) is 14.3. The van der Waals surface area contributed by atoms with Gasteiger partial charge in [0.1, 0.15) is 0 Å². The first-order valence-corrected chi connectivity index (χ1v) is 9.58. The van der Waals surface area contributed by atoms with Crippen LogP contribution in [0.3, 0.4) is 0 Å². The highest BCUT2D eigenvalue weighted by atomic mass is 32.2. The van der Waals surface area contributed by atoms with Crippen molar-refractivity contribution in [3.05, 3.63) is 23.3 Å². The van der Waals surface area contributed by atoms with Crippen LogP contribution in [0.25, 0.3) is 0 Å². The fourth-order valence-electron chi connectivity index (χ4n) is 2.46. The molecule has 1 aliphatic carbocycles. The molecule has 0 saturated heterocycles. The molecule has 0 radical (unpaired) electrons. The summed E-state index contributed by atoms with van der Waals surface area (Å²) < 4.78 is 27.7. The van der Waals surface area contributed by atoms with E-state index in [9.17, 15) is 18.0 Å². The number of urea groups is 1. The van der Waals surface area contributed by atoms with Gasteiger partial charge in [-0.3, -0.25) is 4.79 Å². The standard InChI is InChI=1S/C16H23N3O5S/c1-10-5-8-13(18-16(22)17-9-3-4-14(20)21)11(2)15(10)25(23,24)19-12-6-7-12/h5,8,12,19H,3-4,6-7,9H2,1-2H3,(H,20,21)(H2,17,18,22). The fourth-order valence-corrected chi connectivity index (χ4v) is 4.26. The van der Waals surface area contributed by atoms with Gasteiger partial charge in [-0.1, -0.05) is 6.07 Å². The first-order valence-electron chi connectivity index (χ1n) is 8.10. The average molecular weight is 369 g/mol. The smallest absolute Gasteiger partial charge is 0.319 e. The third-order valence-electron chi connectivity index (χ3n) is 3.87. The van der Waals surface area contributed by atoms with Gasteiger partial charge in [-0.2, -0.15) is 0 Å². The molecule has 0 atom stereocenters. The summed E-state index contributed by atoms with van der Waals surface area (Å²) in [6.07, 6.45) is 1.97. The molecular formula is C16H23N3O5S. The van der Waals surface area contributed by atoms with E-state index >= 15 is 0 Å². The van der Waals surface area contributed by atoms with Crippen LogP contribution in [0.1, 0.15) is 36.8 Å². The molecule has 0 bridgehead atoms. The Bertz CT molecular complexity index is 772.